The molecule has 6 heteroatoms. The van der Waals surface area contributed by atoms with Crippen LogP contribution in [-0.2, 0) is 0 Å². The number of fused-ring (bicyclic) bond motifs is 1. The van der Waals surface area contributed by atoms with Crippen molar-refractivity contribution in [3.05, 3.63) is 64.7 Å². The van der Waals surface area contributed by atoms with Gasteiger partial charge in [0.1, 0.15) is 11.6 Å². The predicted octanol–water partition coefficient (Wildman–Crippen LogP) is 2.81. The molecule has 1 N–H and O–H groups in total. The molecule has 3 aromatic rings. The van der Waals surface area contributed by atoms with Gasteiger partial charge in [-0.05, 0) is 31.2 Å². The Labute approximate surface area is 158 Å². The van der Waals surface area contributed by atoms with Gasteiger partial charge in [-0.3, -0.25) is 9.69 Å². The maximum atomic E-state index is 12.4. The first kappa shape index (κ1) is 17.5. The van der Waals surface area contributed by atoms with Crippen molar-refractivity contribution in [2.45, 2.75) is 13.0 Å². The third kappa shape index (κ3) is 3.40. The Morgan fingerprint density at radius 2 is 1.74 bits per heavy atom. The lowest BCUT2D eigenvalue weighted by Crippen LogP contribution is -2.47. The van der Waals surface area contributed by atoms with Crippen molar-refractivity contribution in [3.8, 4) is 5.75 Å². The number of aromatic amines is 1. The average Bonchev–Trinajstić information content (AvgIpc) is 2.73. The molecule has 2 heterocycles. The van der Waals surface area contributed by atoms with E-state index in [4.69, 9.17) is 4.74 Å². The number of anilines is 1. The van der Waals surface area contributed by atoms with Crippen LogP contribution >= 0.6 is 0 Å². The van der Waals surface area contributed by atoms with Crippen LogP contribution < -0.4 is 15.2 Å². The normalized spacial score (nSPS) is 16.4. The Kier molecular flexibility index (Phi) is 4.81. The lowest BCUT2D eigenvalue weighted by Gasteiger charge is -2.39. The summed E-state index contributed by atoms with van der Waals surface area (Å²) in [6, 6.07) is 15.6. The van der Waals surface area contributed by atoms with Gasteiger partial charge in [-0.15, -0.1) is 0 Å². The standard InChI is InChI=1S/C21H24N4O2/c1-15(20-22-17-8-4-3-7-16(17)21(26)23-20)24-11-13-25(14-12-24)18-9-5-6-10-19(18)27-2/h3-10,15H,11-14H2,1-2H3,(H,22,23,26)/t15-/m0/s1. The molecule has 0 amide bonds. The third-order valence-electron chi connectivity index (χ3n) is 5.31. The second-order valence-electron chi connectivity index (χ2n) is 6.84. The summed E-state index contributed by atoms with van der Waals surface area (Å²) in [5.74, 6) is 1.63. The number of nitrogens with one attached hydrogen (secondary N) is 1. The first-order valence-corrected chi connectivity index (χ1v) is 9.28. The summed E-state index contributed by atoms with van der Waals surface area (Å²) in [6.45, 7) is 5.71. The molecule has 0 spiro atoms. The van der Waals surface area contributed by atoms with Gasteiger partial charge in [0.25, 0.3) is 5.56 Å². The van der Waals surface area contributed by atoms with Gasteiger partial charge >= 0.3 is 0 Å². The number of para-hydroxylation sites is 3. The number of piperazine rings is 1. The zero-order valence-corrected chi connectivity index (χ0v) is 15.7. The number of hydrogen-bond acceptors (Lipinski definition) is 5. The van der Waals surface area contributed by atoms with Crippen LogP contribution in [0.15, 0.2) is 53.3 Å². The number of nitrogens with zero attached hydrogens (tertiary/aromatic N) is 3. The van der Waals surface area contributed by atoms with E-state index in [9.17, 15) is 4.79 Å². The number of ether oxygens (including phenoxy) is 1. The molecule has 0 radical (unpaired) electrons. The fourth-order valence-electron chi connectivity index (χ4n) is 3.72. The minimum atomic E-state index is -0.0740. The van der Waals surface area contributed by atoms with Gasteiger partial charge in [0, 0.05) is 26.2 Å². The van der Waals surface area contributed by atoms with Crippen molar-refractivity contribution in [1.82, 2.24) is 14.9 Å². The predicted molar refractivity (Wildman–Crippen MR) is 108 cm³/mol. The molecule has 4 rings (SSSR count). The summed E-state index contributed by atoms with van der Waals surface area (Å²) in [4.78, 5) is 24.7. The lowest BCUT2D eigenvalue weighted by atomic mass is 10.1. The van der Waals surface area contributed by atoms with E-state index in [0.29, 0.717) is 5.39 Å². The van der Waals surface area contributed by atoms with Crippen LogP contribution in [0.4, 0.5) is 5.69 Å². The van der Waals surface area contributed by atoms with Crippen LogP contribution in [-0.4, -0.2) is 48.2 Å². The molecule has 1 aromatic heterocycles. The van der Waals surface area contributed by atoms with Crippen molar-refractivity contribution >= 4 is 16.6 Å². The monoisotopic (exact) mass is 364 g/mol. The molecule has 0 bridgehead atoms. The van der Waals surface area contributed by atoms with E-state index in [1.54, 1.807) is 7.11 Å². The van der Waals surface area contributed by atoms with E-state index >= 15 is 0 Å². The van der Waals surface area contributed by atoms with E-state index in [1.165, 1.54) is 0 Å². The van der Waals surface area contributed by atoms with E-state index in [-0.39, 0.29) is 11.6 Å². The van der Waals surface area contributed by atoms with Gasteiger partial charge in [0.15, 0.2) is 0 Å². The average molecular weight is 364 g/mol. The summed E-state index contributed by atoms with van der Waals surface area (Å²) >= 11 is 0. The first-order valence-electron chi connectivity index (χ1n) is 9.28. The van der Waals surface area contributed by atoms with Crippen LogP contribution in [0.5, 0.6) is 5.75 Å². The molecule has 1 atom stereocenters. The fourth-order valence-corrected chi connectivity index (χ4v) is 3.72. The highest BCUT2D eigenvalue weighted by Crippen LogP contribution is 2.29. The Morgan fingerprint density at radius 1 is 1.04 bits per heavy atom. The number of rotatable bonds is 4. The Bertz CT molecular complexity index is 993. The van der Waals surface area contributed by atoms with Crippen LogP contribution in [0.25, 0.3) is 10.9 Å². The third-order valence-corrected chi connectivity index (χ3v) is 5.31. The second kappa shape index (κ2) is 7.40. The Morgan fingerprint density at radius 3 is 2.52 bits per heavy atom. The molecule has 0 unspecified atom stereocenters. The van der Waals surface area contributed by atoms with Crippen molar-refractivity contribution in [2.24, 2.45) is 0 Å². The van der Waals surface area contributed by atoms with Gasteiger partial charge < -0.3 is 14.6 Å². The molecule has 1 fully saturated rings. The summed E-state index contributed by atoms with van der Waals surface area (Å²) < 4.78 is 5.49. The highest BCUT2D eigenvalue weighted by atomic mass is 16.5. The number of aromatic nitrogens is 2. The summed E-state index contributed by atoms with van der Waals surface area (Å²) in [5.41, 5.74) is 1.80. The molecule has 6 nitrogen and oxygen atoms in total. The van der Waals surface area contributed by atoms with Crippen LogP contribution in [0.3, 0.4) is 0 Å². The van der Waals surface area contributed by atoms with Crippen molar-refractivity contribution in [3.63, 3.8) is 0 Å². The zero-order valence-electron chi connectivity index (χ0n) is 15.7. The molecule has 0 saturated carbocycles. The number of methoxy groups -OCH3 is 1. The quantitative estimate of drug-likeness (QED) is 0.771. The van der Waals surface area contributed by atoms with Crippen molar-refractivity contribution in [2.75, 3.05) is 38.2 Å². The van der Waals surface area contributed by atoms with E-state index in [0.717, 1.165) is 49.0 Å². The Balaban J connectivity index is 1.50. The molecule has 1 aliphatic rings. The topological polar surface area (TPSA) is 61.5 Å². The molecule has 1 aliphatic heterocycles. The molecular weight excluding hydrogens is 340 g/mol. The highest BCUT2D eigenvalue weighted by molar-refractivity contribution is 5.77. The largest absolute Gasteiger partial charge is 0.495 e. The van der Waals surface area contributed by atoms with E-state index < -0.39 is 0 Å². The maximum absolute atomic E-state index is 12.4. The summed E-state index contributed by atoms with van der Waals surface area (Å²) in [7, 11) is 1.71. The molecule has 1 saturated heterocycles. The summed E-state index contributed by atoms with van der Waals surface area (Å²) in [5, 5.41) is 0.634. The molecule has 0 aliphatic carbocycles. The van der Waals surface area contributed by atoms with Gasteiger partial charge in [-0.2, -0.15) is 0 Å². The van der Waals surface area contributed by atoms with Gasteiger partial charge in [0.2, 0.25) is 0 Å². The van der Waals surface area contributed by atoms with Gasteiger partial charge in [0.05, 0.1) is 29.7 Å². The van der Waals surface area contributed by atoms with Crippen molar-refractivity contribution < 1.29 is 4.74 Å². The van der Waals surface area contributed by atoms with Gasteiger partial charge in [-0.1, -0.05) is 24.3 Å². The molecule has 140 valence electrons. The minimum absolute atomic E-state index is 0.0575. The number of hydrogen-bond donors (Lipinski definition) is 1. The highest BCUT2D eigenvalue weighted by Gasteiger charge is 2.25. The van der Waals surface area contributed by atoms with E-state index in [1.807, 2.05) is 42.5 Å². The fraction of sp³-hybridized carbons (Fsp3) is 0.333. The minimum Gasteiger partial charge on any atom is -0.495 e. The number of benzene rings is 2. The lowest BCUT2D eigenvalue weighted by molar-refractivity contribution is 0.191. The SMILES string of the molecule is COc1ccccc1N1CCN([C@@H](C)c2nc3ccccc3c(=O)[nH]2)CC1. The zero-order chi connectivity index (χ0) is 18.8. The molecule has 2 aromatic carbocycles. The Hall–Kier alpha value is -2.86. The van der Waals surface area contributed by atoms with Gasteiger partial charge in [-0.25, -0.2) is 4.98 Å². The molecule has 27 heavy (non-hydrogen) atoms. The van der Waals surface area contributed by atoms with Crippen LogP contribution in [0.2, 0.25) is 0 Å². The van der Waals surface area contributed by atoms with Crippen LogP contribution in [0.1, 0.15) is 18.8 Å². The maximum Gasteiger partial charge on any atom is 0.258 e. The smallest absolute Gasteiger partial charge is 0.258 e. The van der Waals surface area contributed by atoms with Crippen molar-refractivity contribution in [1.29, 1.82) is 0 Å². The second-order valence-corrected chi connectivity index (χ2v) is 6.84. The summed E-state index contributed by atoms with van der Waals surface area (Å²) in [6.07, 6.45) is 0. The first-order chi connectivity index (χ1) is 13.2. The van der Waals surface area contributed by atoms with E-state index in [2.05, 4.69) is 32.8 Å². The number of H-pyrrole nitrogens is 1. The van der Waals surface area contributed by atoms with Crippen LogP contribution in [0, 0.1) is 0 Å². The molecular formula is C21H24N4O2.